The lowest BCUT2D eigenvalue weighted by Crippen LogP contribution is -2.12. The van der Waals surface area contributed by atoms with E-state index < -0.39 is 0 Å². The van der Waals surface area contributed by atoms with E-state index in [9.17, 15) is 9.59 Å². The Bertz CT molecular complexity index is 569. The number of hydrogen-bond acceptors (Lipinski definition) is 4. The minimum absolute atomic E-state index is 0.0485. The summed E-state index contributed by atoms with van der Waals surface area (Å²) in [4.78, 5) is 23.0. The number of esters is 1. The van der Waals surface area contributed by atoms with Crippen LogP contribution in [0.4, 0.5) is 0 Å². The molecule has 0 aromatic heterocycles. The van der Waals surface area contributed by atoms with E-state index in [1.165, 1.54) is 0 Å². The third-order valence-corrected chi connectivity index (χ3v) is 3.55. The van der Waals surface area contributed by atoms with E-state index in [1.807, 2.05) is 24.3 Å². The number of carbonyl (C=O) groups excluding carboxylic acids is 2. The lowest BCUT2D eigenvalue weighted by atomic mass is 10.0. The molecule has 2 rings (SSSR count). The second-order valence-electron chi connectivity index (χ2n) is 5.16. The van der Waals surface area contributed by atoms with Crippen molar-refractivity contribution in [2.24, 2.45) is 0 Å². The molecule has 0 N–H and O–H groups in total. The van der Waals surface area contributed by atoms with Crippen LogP contribution in [0.5, 0.6) is 0 Å². The number of benzene rings is 1. The van der Waals surface area contributed by atoms with Gasteiger partial charge in [0.25, 0.3) is 0 Å². The minimum atomic E-state index is -0.288. The van der Waals surface area contributed by atoms with Gasteiger partial charge in [-0.25, -0.2) is 4.79 Å². The standard InChI is InChI=1S/C17H20O4/c1-4-20-17(19)16-10-15(21-12(16)3)9-13-5-7-14(8-6-13)11(2)18/h5-8,15H,4,9-10H2,1-3H3. The number of ether oxygens (including phenoxy) is 2. The zero-order chi connectivity index (χ0) is 15.4. The molecule has 4 heteroatoms. The average molecular weight is 288 g/mol. The fourth-order valence-corrected chi connectivity index (χ4v) is 2.43. The van der Waals surface area contributed by atoms with Gasteiger partial charge in [-0.3, -0.25) is 4.79 Å². The summed E-state index contributed by atoms with van der Waals surface area (Å²) in [6, 6.07) is 7.49. The van der Waals surface area contributed by atoms with E-state index in [2.05, 4.69) is 0 Å². The summed E-state index contributed by atoms with van der Waals surface area (Å²) in [5.41, 5.74) is 2.41. The Kier molecular flexibility index (Phi) is 4.78. The predicted molar refractivity (Wildman–Crippen MR) is 79.0 cm³/mol. The molecule has 1 aliphatic heterocycles. The first kappa shape index (κ1) is 15.3. The SMILES string of the molecule is CCOC(=O)C1=C(C)OC(Cc2ccc(C(C)=O)cc2)C1. The molecular weight excluding hydrogens is 268 g/mol. The molecule has 0 saturated carbocycles. The van der Waals surface area contributed by atoms with E-state index in [1.54, 1.807) is 20.8 Å². The Morgan fingerprint density at radius 1 is 1.29 bits per heavy atom. The van der Waals surface area contributed by atoms with Crippen molar-refractivity contribution in [1.82, 2.24) is 0 Å². The van der Waals surface area contributed by atoms with Crippen LogP contribution < -0.4 is 0 Å². The topological polar surface area (TPSA) is 52.6 Å². The van der Waals surface area contributed by atoms with Gasteiger partial charge in [-0.1, -0.05) is 24.3 Å². The molecule has 1 atom stereocenters. The van der Waals surface area contributed by atoms with Gasteiger partial charge < -0.3 is 9.47 Å². The molecule has 21 heavy (non-hydrogen) atoms. The predicted octanol–water partition coefficient (Wildman–Crippen LogP) is 3.06. The molecule has 112 valence electrons. The smallest absolute Gasteiger partial charge is 0.337 e. The van der Waals surface area contributed by atoms with Crippen LogP contribution in [0, 0.1) is 0 Å². The van der Waals surface area contributed by atoms with Crippen molar-refractivity contribution in [1.29, 1.82) is 0 Å². The normalized spacial score (nSPS) is 17.6. The highest BCUT2D eigenvalue weighted by atomic mass is 16.5. The third-order valence-electron chi connectivity index (χ3n) is 3.55. The third kappa shape index (κ3) is 3.72. The minimum Gasteiger partial charge on any atom is -0.494 e. The van der Waals surface area contributed by atoms with Crippen molar-refractivity contribution in [2.45, 2.75) is 39.7 Å². The van der Waals surface area contributed by atoms with Gasteiger partial charge in [-0.15, -0.1) is 0 Å². The molecule has 1 aromatic carbocycles. The summed E-state index contributed by atoms with van der Waals surface area (Å²) in [5, 5.41) is 0. The van der Waals surface area contributed by atoms with Gasteiger partial charge in [0.2, 0.25) is 0 Å². The molecule has 1 aromatic rings. The largest absolute Gasteiger partial charge is 0.494 e. The molecule has 4 nitrogen and oxygen atoms in total. The van der Waals surface area contributed by atoms with Gasteiger partial charge in [0, 0.05) is 18.4 Å². The van der Waals surface area contributed by atoms with Crippen LogP contribution >= 0.6 is 0 Å². The molecular formula is C17H20O4. The molecule has 1 heterocycles. The van der Waals surface area contributed by atoms with E-state index >= 15 is 0 Å². The summed E-state index contributed by atoms with van der Waals surface area (Å²) in [5.74, 6) is 0.420. The van der Waals surface area contributed by atoms with E-state index in [-0.39, 0.29) is 17.9 Å². The summed E-state index contributed by atoms with van der Waals surface area (Å²) in [6.07, 6.45) is 1.23. The summed E-state index contributed by atoms with van der Waals surface area (Å²) >= 11 is 0. The molecule has 1 aliphatic rings. The van der Waals surface area contributed by atoms with Crippen LogP contribution in [-0.4, -0.2) is 24.5 Å². The molecule has 0 bridgehead atoms. The lowest BCUT2D eigenvalue weighted by Gasteiger charge is -2.11. The van der Waals surface area contributed by atoms with Crippen molar-refractivity contribution in [3.05, 3.63) is 46.7 Å². The summed E-state index contributed by atoms with van der Waals surface area (Å²) in [7, 11) is 0. The van der Waals surface area contributed by atoms with Gasteiger partial charge in [-0.2, -0.15) is 0 Å². The van der Waals surface area contributed by atoms with Crippen molar-refractivity contribution in [3.8, 4) is 0 Å². The second-order valence-corrected chi connectivity index (χ2v) is 5.16. The number of rotatable bonds is 5. The molecule has 0 spiro atoms. The molecule has 1 unspecified atom stereocenters. The van der Waals surface area contributed by atoms with Crippen molar-refractivity contribution >= 4 is 11.8 Å². The molecule has 0 amide bonds. The zero-order valence-corrected chi connectivity index (χ0v) is 12.6. The Hall–Kier alpha value is -2.10. The van der Waals surface area contributed by atoms with Crippen LogP contribution in [-0.2, 0) is 20.7 Å². The molecule has 0 radical (unpaired) electrons. The van der Waals surface area contributed by atoms with Gasteiger partial charge in [0.05, 0.1) is 12.2 Å². The summed E-state index contributed by atoms with van der Waals surface area (Å²) < 4.78 is 10.8. The average Bonchev–Trinajstić information content (AvgIpc) is 2.80. The Morgan fingerprint density at radius 3 is 2.52 bits per heavy atom. The van der Waals surface area contributed by atoms with Crippen LogP contribution in [0.15, 0.2) is 35.6 Å². The highest BCUT2D eigenvalue weighted by molar-refractivity contribution is 5.94. The number of ketones is 1. The molecule has 0 saturated heterocycles. The van der Waals surface area contributed by atoms with Crippen molar-refractivity contribution in [3.63, 3.8) is 0 Å². The Balaban J connectivity index is 1.97. The van der Waals surface area contributed by atoms with Gasteiger partial charge in [0.1, 0.15) is 11.9 Å². The van der Waals surface area contributed by atoms with Crippen molar-refractivity contribution in [2.75, 3.05) is 6.61 Å². The number of Topliss-reactive ketones (excluding diaryl/α,β-unsaturated/α-hetero) is 1. The van der Waals surface area contributed by atoms with Crippen LogP contribution in [0.25, 0.3) is 0 Å². The molecule has 0 fully saturated rings. The van der Waals surface area contributed by atoms with Crippen molar-refractivity contribution < 1.29 is 19.1 Å². The van der Waals surface area contributed by atoms with Gasteiger partial charge >= 0.3 is 5.97 Å². The fourth-order valence-electron chi connectivity index (χ4n) is 2.43. The first-order valence-corrected chi connectivity index (χ1v) is 7.14. The monoisotopic (exact) mass is 288 g/mol. The maximum absolute atomic E-state index is 11.8. The van der Waals surface area contributed by atoms with Crippen LogP contribution in [0.3, 0.4) is 0 Å². The second kappa shape index (κ2) is 6.57. The maximum Gasteiger partial charge on any atom is 0.337 e. The van der Waals surface area contributed by atoms with Crippen LogP contribution in [0.2, 0.25) is 0 Å². The fraction of sp³-hybridized carbons (Fsp3) is 0.412. The van der Waals surface area contributed by atoms with Gasteiger partial charge in [0.15, 0.2) is 5.78 Å². The maximum atomic E-state index is 11.8. The first-order chi connectivity index (χ1) is 10.0. The Morgan fingerprint density at radius 2 is 1.95 bits per heavy atom. The highest BCUT2D eigenvalue weighted by Gasteiger charge is 2.28. The zero-order valence-electron chi connectivity index (χ0n) is 12.6. The van der Waals surface area contributed by atoms with E-state index in [4.69, 9.17) is 9.47 Å². The van der Waals surface area contributed by atoms with E-state index in [0.717, 1.165) is 5.56 Å². The summed E-state index contributed by atoms with van der Waals surface area (Å²) in [6.45, 7) is 5.50. The first-order valence-electron chi connectivity index (χ1n) is 7.14. The van der Waals surface area contributed by atoms with Crippen LogP contribution in [0.1, 0.15) is 43.1 Å². The highest BCUT2D eigenvalue weighted by Crippen LogP contribution is 2.28. The Labute approximate surface area is 124 Å². The quantitative estimate of drug-likeness (QED) is 0.617. The number of carbonyl (C=O) groups is 2. The lowest BCUT2D eigenvalue weighted by molar-refractivity contribution is -0.138. The number of hydrogen-bond donors (Lipinski definition) is 0. The van der Waals surface area contributed by atoms with E-state index in [0.29, 0.717) is 36.3 Å². The number of allylic oxidation sites excluding steroid dienone is 1. The molecule has 0 aliphatic carbocycles. The van der Waals surface area contributed by atoms with Gasteiger partial charge in [-0.05, 0) is 26.3 Å².